The summed E-state index contributed by atoms with van der Waals surface area (Å²) >= 11 is 0. The number of methoxy groups -OCH3 is 1. The number of nitrogens with one attached hydrogen (secondary N) is 2. The Hall–Kier alpha value is -1.55. The van der Waals surface area contributed by atoms with Crippen molar-refractivity contribution in [3.8, 4) is 0 Å². The fraction of sp³-hybridized carbons (Fsp3) is 0.562. The molecule has 0 radical (unpaired) electrons. The number of carbonyl (C=O) groups excluding carboxylic acids is 1. The Labute approximate surface area is 120 Å². The summed E-state index contributed by atoms with van der Waals surface area (Å²) in [7, 11) is 1.70. The SMILES string of the molecule is COCC(Nc1cccc(C(=O)NC2CC2)c1)C(C)C. The van der Waals surface area contributed by atoms with Gasteiger partial charge in [-0.15, -0.1) is 0 Å². The van der Waals surface area contributed by atoms with Gasteiger partial charge in [0.15, 0.2) is 0 Å². The Balaban J connectivity index is 2.02. The molecule has 110 valence electrons. The van der Waals surface area contributed by atoms with Gasteiger partial charge in [-0.05, 0) is 37.0 Å². The predicted octanol–water partition coefficient (Wildman–Crippen LogP) is 2.66. The zero-order chi connectivity index (χ0) is 14.5. The molecule has 2 N–H and O–H groups in total. The van der Waals surface area contributed by atoms with E-state index in [4.69, 9.17) is 4.74 Å². The lowest BCUT2D eigenvalue weighted by Crippen LogP contribution is -2.30. The monoisotopic (exact) mass is 276 g/mol. The molecule has 1 aliphatic rings. The van der Waals surface area contributed by atoms with Crippen LogP contribution < -0.4 is 10.6 Å². The van der Waals surface area contributed by atoms with Crippen molar-refractivity contribution in [3.63, 3.8) is 0 Å². The summed E-state index contributed by atoms with van der Waals surface area (Å²) in [6.07, 6.45) is 2.21. The highest BCUT2D eigenvalue weighted by atomic mass is 16.5. The molecule has 1 fully saturated rings. The predicted molar refractivity (Wildman–Crippen MR) is 81.1 cm³/mol. The van der Waals surface area contributed by atoms with Gasteiger partial charge in [0, 0.05) is 24.4 Å². The number of anilines is 1. The van der Waals surface area contributed by atoms with Crippen molar-refractivity contribution >= 4 is 11.6 Å². The summed E-state index contributed by atoms with van der Waals surface area (Å²) in [5.41, 5.74) is 1.67. The van der Waals surface area contributed by atoms with Gasteiger partial charge in [-0.2, -0.15) is 0 Å². The third-order valence-corrected chi connectivity index (χ3v) is 3.54. The number of rotatable bonds is 7. The van der Waals surface area contributed by atoms with Crippen LogP contribution in [0.1, 0.15) is 37.0 Å². The molecule has 1 amide bonds. The Kier molecular flexibility index (Phi) is 5.01. The Morgan fingerprint density at radius 3 is 2.75 bits per heavy atom. The highest BCUT2D eigenvalue weighted by Crippen LogP contribution is 2.20. The summed E-state index contributed by atoms with van der Waals surface area (Å²) in [6, 6.07) is 8.28. The van der Waals surface area contributed by atoms with E-state index in [2.05, 4.69) is 24.5 Å². The molecule has 0 heterocycles. The molecule has 1 atom stereocenters. The first kappa shape index (κ1) is 14.9. The maximum absolute atomic E-state index is 12.0. The molecule has 4 heteroatoms. The Bertz CT molecular complexity index is 456. The van der Waals surface area contributed by atoms with E-state index in [-0.39, 0.29) is 11.9 Å². The van der Waals surface area contributed by atoms with E-state index in [0.717, 1.165) is 18.5 Å². The zero-order valence-corrected chi connectivity index (χ0v) is 12.5. The molecule has 0 spiro atoms. The van der Waals surface area contributed by atoms with E-state index >= 15 is 0 Å². The van der Waals surface area contributed by atoms with Crippen LogP contribution in [0.15, 0.2) is 24.3 Å². The zero-order valence-electron chi connectivity index (χ0n) is 12.5. The third-order valence-electron chi connectivity index (χ3n) is 3.54. The molecule has 1 aromatic rings. The average Bonchev–Trinajstić information content (AvgIpc) is 3.22. The van der Waals surface area contributed by atoms with Crippen LogP contribution in [0.2, 0.25) is 0 Å². The van der Waals surface area contributed by atoms with Gasteiger partial charge in [-0.1, -0.05) is 19.9 Å². The smallest absolute Gasteiger partial charge is 0.251 e. The lowest BCUT2D eigenvalue weighted by atomic mass is 10.0. The number of hydrogen-bond acceptors (Lipinski definition) is 3. The topological polar surface area (TPSA) is 50.4 Å². The summed E-state index contributed by atoms with van der Waals surface area (Å²) in [5.74, 6) is 0.475. The molecular weight excluding hydrogens is 252 g/mol. The molecule has 1 unspecified atom stereocenters. The molecule has 0 aliphatic heterocycles. The van der Waals surface area contributed by atoms with Crippen molar-refractivity contribution in [2.24, 2.45) is 5.92 Å². The molecule has 1 aromatic carbocycles. The standard InChI is InChI=1S/C16H24N2O2/c1-11(2)15(10-20-3)17-14-6-4-5-12(9-14)16(19)18-13-7-8-13/h4-6,9,11,13,15,17H,7-8,10H2,1-3H3,(H,18,19). The molecular formula is C16H24N2O2. The number of carbonyl (C=O) groups is 1. The number of benzene rings is 1. The Morgan fingerprint density at radius 2 is 2.15 bits per heavy atom. The number of amides is 1. The van der Waals surface area contributed by atoms with Gasteiger partial charge in [0.05, 0.1) is 12.6 Å². The van der Waals surface area contributed by atoms with Gasteiger partial charge in [0.1, 0.15) is 0 Å². The van der Waals surface area contributed by atoms with Crippen LogP contribution in [0.5, 0.6) is 0 Å². The van der Waals surface area contributed by atoms with Gasteiger partial charge in [0.2, 0.25) is 0 Å². The highest BCUT2D eigenvalue weighted by Gasteiger charge is 2.23. The van der Waals surface area contributed by atoms with E-state index in [0.29, 0.717) is 24.1 Å². The van der Waals surface area contributed by atoms with E-state index in [9.17, 15) is 4.79 Å². The van der Waals surface area contributed by atoms with Gasteiger partial charge >= 0.3 is 0 Å². The molecule has 20 heavy (non-hydrogen) atoms. The van der Waals surface area contributed by atoms with E-state index in [1.54, 1.807) is 7.11 Å². The van der Waals surface area contributed by atoms with Gasteiger partial charge in [-0.25, -0.2) is 0 Å². The van der Waals surface area contributed by atoms with Crippen LogP contribution in [-0.4, -0.2) is 31.7 Å². The molecule has 2 rings (SSSR count). The van der Waals surface area contributed by atoms with Crippen molar-refractivity contribution in [3.05, 3.63) is 29.8 Å². The van der Waals surface area contributed by atoms with Gasteiger partial charge in [-0.3, -0.25) is 4.79 Å². The van der Waals surface area contributed by atoms with Crippen molar-refractivity contribution in [2.75, 3.05) is 19.0 Å². The van der Waals surface area contributed by atoms with Crippen LogP contribution >= 0.6 is 0 Å². The molecule has 1 saturated carbocycles. The van der Waals surface area contributed by atoms with E-state index in [1.165, 1.54) is 0 Å². The highest BCUT2D eigenvalue weighted by molar-refractivity contribution is 5.95. The lowest BCUT2D eigenvalue weighted by Gasteiger charge is -2.23. The second-order valence-electron chi connectivity index (χ2n) is 5.78. The van der Waals surface area contributed by atoms with Crippen LogP contribution in [0, 0.1) is 5.92 Å². The first-order valence-corrected chi connectivity index (χ1v) is 7.26. The number of ether oxygens (including phenoxy) is 1. The van der Waals surface area contributed by atoms with Crippen molar-refractivity contribution in [2.45, 2.75) is 38.8 Å². The average molecular weight is 276 g/mol. The second kappa shape index (κ2) is 6.75. The number of hydrogen-bond donors (Lipinski definition) is 2. The van der Waals surface area contributed by atoms with E-state index in [1.807, 2.05) is 24.3 Å². The largest absolute Gasteiger partial charge is 0.383 e. The van der Waals surface area contributed by atoms with E-state index < -0.39 is 0 Å². The molecule has 4 nitrogen and oxygen atoms in total. The second-order valence-corrected chi connectivity index (χ2v) is 5.78. The third kappa shape index (κ3) is 4.23. The van der Waals surface area contributed by atoms with Crippen LogP contribution in [-0.2, 0) is 4.74 Å². The van der Waals surface area contributed by atoms with Crippen molar-refractivity contribution in [1.82, 2.24) is 5.32 Å². The maximum atomic E-state index is 12.0. The molecule has 0 bridgehead atoms. The maximum Gasteiger partial charge on any atom is 0.251 e. The summed E-state index contributed by atoms with van der Waals surface area (Å²) < 4.78 is 5.23. The summed E-state index contributed by atoms with van der Waals surface area (Å²) in [4.78, 5) is 12.0. The Morgan fingerprint density at radius 1 is 1.40 bits per heavy atom. The minimum absolute atomic E-state index is 0.0176. The molecule has 0 saturated heterocycles. The fourth-order valence-corrected chi connectivity index (χ4v) is 2.04. The van der Waals surface area contributed by atoms with Gasteiger partial charge in [0.25, 0.3) is 5.91 Å². The van der Waals surface area contributed by atoms with Gasteiger partial charge < -0.3 is 15.4 Å². The van der Waals surface area contributed by atoms with Crippen LogP contribution in [0.4, 0.5) is 5.69 Å². The van der Waals surface area contributed by atoms with Crippen LogP contribution in [0.25, 0.3) is 0 Å². The first-order chi connectivity index (χ1) is 9.60. The minimum Gasteiger partial charge on any atom is -0.383 e. The minimum atomic E-state index is 0.0176. The van der Waals surface area contributed by atoms with Crippen molar-refractivity contribution < 1.29 is 9.53 Å². The summed E-state index contributed by atoms with van der Waals surface area (Å²) in [5, 5.41) is 6.45. The summed E-state index contributed by atoms with van der Waals surface area (Å²) in [6.45, 7) is 4.96. The van der Waals surface area contributed by atoms with Crippen LogP contribution in [0.3, 0.4) is 0 Å². The molecule has 1 aliphatic carbocycles. The molecule has 0 aromatic heterocycles. The first-order valence-electron chi connectivity index (χ1n) is 7.26. The lowest BCUT2D eigenvalue weighted by molar-refractivity contribution is 0.0951. The normalized spacial score (nSPS) is 16.0. The van der Waals surface area contributed by atoms with Crippen molar-refractivity contribution in [1.29, 1.82) is 0 Å². The quantitative estimate of drug-likeness (QED) is 0.805. The fourth-order valence-electron chi connectivity index (χ4n) is 2.04.